The average Bonchev–Trinajstić information content (AvgIpc) is 3.19. The maximum atomic E-state index is 12.1. The highest BCUT2D eigenvalue weighted by Gasteiger charge is 2.40. The van der Waals surface area contributed by atoms with Crippen molar-refractivity contribution < 1.29 is 55.1 Å². The monoisotopic (exact) mass is 838 g/mol. The summed E-state index contributed by atoms with van der Waals surface area (Å²) in [5, 5.41) is 5.57. The van der Waals surface area contributed by atoms with E-state index in [4.69, 9.17) is 45.5 Å². The molecule has 0 aliphatic carbocycles. The second-order valence-corrected chi connectivity index (χ2v) is 18.8. The van der Waals surface area contributed by atoms with Gasteiger partial charge in [0.15, 0.2) is 0 Å². The van der Waals surface area contributed by atoms with E-state index in [-0.39, 0.29) is 18.6 Å². The molecule has 0 aliphatic rings. The molecule has 0 aliphatic heterocycles. The van der Waals surface area contributed by atoms with Gasteiger partial charge in [0, 0.05) is 83.1 Å². The van der Waals surface area contributed by atoms with Crippen LogP contribution in [0, 0.1) is 0 Å². The fourth-order valence-corrected chi connectivity index (χ4v) is 11.2. The average molecular weight is 839 g/mol. The first kappa shape index (κ1) is 49.9. The van der Waals surface area contributed by atoms with Gasteiger partial charge in [-0.2, -0.15) is 0 Å². The van der Waals surface area contributed by atoms with Crippen molar-refractivity contribution in [3.05, 3.63) is 59.7 Å². The molecular formula is C41H70N2O12Si2. The Morgan fingerprint density at radius 3 is 1.11 bits per heavy atom. The molecular weight excluding hydrogens is 769 g/mol. The molecule has 0 aromatic heterocycles. The van der Waals surface area contributed by atoms with Crippen LogP contribution in [-0.4, -0.2) is 109 Å². The molecule has 0 spiro atoms. The smallest absolute Gasteiger partial charge is 0.493 e. The van der Waals surface area contributed by atoms with Gasteiger partial charge in [-0.25, -0.2) is 9.59 Å². The van der Waals surface area contributed by atoms with Gasteiger partial charge in [0.25, 0.3) is 0 Å². The minimum Gasteiger partial charge on any atom is -0.493 e. The number of amides is 2. The highest BCUT2D eigenvalue weighted by molar-refractivity contribution is 6.61. The molecule has 2 N–H and O–H groups in total. The first-order valence-electron chi connectivity index (χ1n) is 20.6. The van der Waals surface area contributed by atoms with Crippen LogP contribution in [-0.2, 0) is 41.4 Å². The Hall–Kier alpha value is -3.23. The van der Waals surface area contributed by atoms with Crippen LogP contribution in [0.2, 0.25) is 12.1 Å². The SMILES string of the molecule is CCO[Si](CCCNC(=O)OCCCOc1ccc(C(C)(C)c2ccc(OCCCOC(=O)NCCC[Si](OCC)(OCC)OCC)cc2)cc1)(OCC)OCC. The van der Waals surface area contributed by atoms with Gasteiger partial charge in [-0.3, -0.25) is 0 Å². The molecule has 2 aromatic rings. The van der Waals surface area contributed by atoms with Gasteiger partial charge in [0.05, 0.1) is 26.4 Å². The number of carbonyl (C=O) groups is 2. The summed E-state index contributed by atoms with van der Waals surface area (Å²) in [5.74, 6) is 1.50. The minimum atomic E-state index is -2.72. The van der Waals surface area contributed by atoms with E-state index in [1.807, 2.05) is 65.8 Å². The number of rotatable bonds is 32. The van der Waals surface area contributed by atoms with E-state index in [1.54, 1.807) is 0 Å². The van der Waals surface area contributed by atoms with Crippen molar-refractivity contribution in [3.8, 4) is 11.5 Å². The highest BCUT2D eigenvalue weighted by Crippen LogP contribution is 2.33. The maximum Gasteiger partial charge on any atom is 0.500 e. The molecule has 0 heterocycles. The molecule has 2 amide bonds. The summed E-state index contributed by atoms with van der Waals surface area (Å²) >= 11 is 0. The largest absolute Gasteiger partial charge is 0.500 e. The van der Waals surface area contributed by atoms with Gasteiger partial charge in [-0.15, -0.1) is 0 Å². The van der Waals surface area contributed by atoms with Gasteiger partial charge < -0.3 is 56.1 Å². The summed E-state index contributed by atoms with van der Waals surface area (Å²) in [6.07, 6.45) is 1.55. The molecule has 0 radical (unpaired) electrons. The number of alkyl carbamates (subject to hydrolysis) is 2. The minimum absolute atomic E-state index is 0.251. The number of hydrogen-bond donors (Lipinski definition) is 2. The predicted octanol–water partition coefficient (Wildman–Crippen LogP) is 7.88. The molecule has 0 fully saturated rings. The van der Waals surface area contributed by atoms with Crippen LogP contribution < -0.4 is 20.1 Å². The van der Waals surface area contributed by atoms with Crippen molar-refractivity contribution in [1.29, 1.82) is 0 Å². The Balaban J connectivity index is 1.65. The van der Waals surface area contributed by atoms with Crippen molar-refractivity contribution in [3.63, 3.8) is 0 Å². The lowest BCUT2D eigenvalue weighted by Gasteiger charge is -2.28. The zero-order chi connectivity index (χ0) is 41.8. The summed E-state index contributed by atoms with van der Waals surface area (Å²) in [6, 6.07) is 17.4. The molecule has 0 bridgehead atoms. The molecule has 57 heavy (non-hydrogen) atoms. The van der Waals surface area contributed by atoms with Gasteiger partial charge in [-0.05, 0) is 89.8 Å². The lowest BCUT2D eigenvalue weighted by molar-refractivity contribution is 0.0699. The summed E-state index contributed by atoms with van der Waals surface area (Å²) in [7, 11) is -5.44. The Labute approximate surface area is 343 Å². The second-order valence-electron chi connectivity index (χ2n) is 13.4. The number of carbonyl (C=O) groups excluding carboxylic acids is 2. The van der Waals surface area contributed by atoms with Crippen molar-refractivity contribution in [2.24, 2.45) is 0 Å². The summed E-state index contributed by atoms with van der Waals surface area (Å²) in [5.41, 5.74) is 2.03. The Morgan fingerprint density at radius 1 is 0.491 bits per heavy atom. The van der Waals surface area contributed by atoms with Crippen LogP contribution in [0.5, 0.6) is 11.5 Å². The van der Waals surface area contributed by atoms with Crippen LogP contribution in [0.1, 0.15) is 92.2 Å². The fourth-order valence-electron chi connectivity index (χ4n) is 6.03. The quantitative estimate of drug-likeness (QED) is 0.0545. The van der Waals surface area contributed by atoms with E-state index in [1.165, 1.54) is 0 Å². The van der Waals surface area contributed by atoms with Crippen LogP contribution in [0.4, 0.5) is 9.59 Å². The van der Waals surface area contributed by atoms with E-state index in [9.17, 15) is 9.59 Å². The van der Waals surface area contributed by atoms with Crippen LogP contribution in [0.15, 0.2) is 48.5 Å². The second kappa shape index (κ2) is 28.2. The van der Waals surface area contributed by atoms with Crippen molar-refractivity contribution in [2.45, 2.75) is 98.6 Å². The molecule has 14 nitrogen and oxygen atoms in total. The summed E-state index contributed by atoms with van der Waals surface area (Å²) in [4.78, 5) is 24.3. The maximum absolute atomic E-state index is 12.1. The van der Waals surface area contributed by atoms with Crippen molar-refractivity contribution in [1.82, 2.24) is 10.6 Å². The number of benzene rings is 2. The topological polar surface area (TPSA) is 150 Å². The van der Waals surface area contributed by atoms with Gasteiger partial charge in [-0.1, -0.05) is 38.1 Å². The van der Waals surface area contributed by atoms with E-state index >= 15 is 0 Å². The zero-order valence-electron chi connectivity index (χ0n) is 35.7. The molecule has 0 saturated heterocycles. The zero-order valence-corrected chi connectivity index (χ0v) is 37.7. The Bertz CT molecular complexity index is 1230. The third kappa shape index (κ3) is 18.9. The van der Waals surface area contributed by atoms with Crippen LogP contribution in [0.3, 0.4) is 0 Å². The normalized spacial score (nSPS) is 11.9. The van der Waals surface area contributed by atoms with Gasteiger partial charge in [0.2, 0.25) is 0 Å². The molecule has 324 valence electrons. The first-order valence-corrected chi connectivity index (χ1v) is 24.5. The molecule has 2 aromatic carbocycles. The van der Waals surface area contributed by atoms with E-state index in [2.05, 4.69) is 48.7 Å². The van der Waals surface area contributed by atoms with E-state index in [0.29, 0.717) is 104 Å². The summed E-state index contributed by atoms with van der Waals surface area (Å²) in [6.45, 7) is 21.3. The molecule has 16 heteroatoms. The summed E-state index contributed by atoms with van der Waals surface area (Å²) < 4.78 is 57.5. The molecule has 2 rings (SSSR count). The van der Waals surface area contributed by atoms with Crippen molar-refractivity contribution in [2.75, 3.05) is 79.2 Å². The van der Waals surface area contributed by atoms with Gasteiger partial charge in [0.1, 0.15) is 11.5 Å². The lowest BCUT2D eigenvalue weighted by Crippen LogP contribution is -2.46. The first-order chi connectivity index (χ1) is 27.5. The Morgan fingerprint density at radius 2 is 0.807 bits per heavy atom. The highest BCUT2D eigenvalue weighted by atomic mass is 28.4. The number of ether oxygens (including phenoxy) is 4. The van der Waals surface area contributed by atoms with Crippen molar-refractivity contribution >= 4 is 29.8 Å². The van der Waals surface area contributed by atoms with Crippen LogP contribution in [0.25, 0.3) is 0 Å². The molecule has 0 unspecified atom stereocenters. The van der Waals surface area contributed by atoms with E-state index < -0.39 is 29.8 Å². The molecule has 0 saturated carbocycles. The number of hydrogen-bond acceptors (Lipinski definition) is 12. The predicted molar refractivity (Wildman–Crippen MR) is 224 cm³/mol. The van der Waals surface area contributed by atoms with Crippen LogP contribution >= 0.6 is 0 Å². The Kier molecular flexibility index (Phi) is 24.7. The third-order valence-electron chi connectivity index (χ3n) is 8.78. The fraction of sp³-hybridized carbons (Fsp3) is 0.659. The standard InChI is InChI=1S/C41H70N2O12Si2/c1-9-50-56(51-10-2,52-11-3)33-15-27-42-39(44)48-31-17-29-46-37-23-19-35(20-24-37)41(7,8)36-21-25-38(26-22-36)47-30-18-32-49-40(45)43-28-16-34-57(53-12-4,54-13-5)55-14-6/h19-26H,9-18,27-34H2,1-8H3,(H,42,44)(H,43,45). The molecule has 0 atom stereocenters. The van der Waals surface area contributed by atoms with E-state index in [0.717, 1.165) is 22.6 Å². The lowest BCUT2D eigenvalue weighted by atomic mass is 9.78. The third-order valence-corrected chi connectivity index (χ3v) is 15.1. The van der Waals surface area contributed by atoms with Gasteiger partial charge >= 0.3 is 29.8 Å². The number of nitrogens with one attached hydrogen (secondary N) is 2.